The Balaban J connectivity index is 3.86. The van der Waals surface area contributed by atoms with Crippen molar-refractivity contribution >= 4 is 5.97 Å². The molecule has 0 amide bonds. The van der Waals surface area contributed by atoms with Crippen LogP contribution in [-0.4, -0.2) is 27.1 Å². The van der Waals surface area contributed by atoms with Crippen molar-refractivity contribution in [2.24, 2.45) is 0 Å². The lowest BCUT2D eigenvalue weighted by atomic mass is 10.3. The summed E-state index contributed by atoms with van der Waals surface area (Å²) in [4.78, 5) is 9.74. The van der Waals surface area contributed by atoms with Gasteiger partial charge < -0.3 is 15.3 Å². The summed E-state index contributed by atoms with van der Waals surface area (Å²) in [6.45, 7) is 1.06. The van der Waals surface area contributed by atoms with Gasteiger partial charge in [-0.1, -0.05) is 0 Å². The molecule has 0 heterocycles. The first-order valence-electron chi connectivity index (χ1n) is 2.29. The molecule has 3 N–H and O–H groups in total. The number of hydrogen-bond donors (Lipinski definition) is 3. The standard InChI is InChI=1S/C5H8O4/c1-5(8,9)3-2-4(6)7/h2-3,8-9H,1H3,(H,6,7). The van der Waals surface area contributed by atoms with E-state index in [4.69, 9.17) is 15.3 Å². The van der Waals surface area contributed by atoms with Gasteiger partial charge in [-0.05, 0) is 13.0 Å². The first-order chi connectivity index (χ1) is 3.92. The van der Waals surface area contributed by atoms with Crippen LogP contribution in [0.4, 0.5) is 0 Å². The molecule has 0 fully saturated rings. The fraction of sp³-hybridized carbons (Fsp3) is 0.400. The van der Waals surface area contributed by atoms with E-state index in [1.54, 1.807) is 0 Å². The summed E-state index contributed by atoms with van der Waals surface area (Å²) in [5.74, 6) is -3.23. The van der Waals surface area contributed by atoms with Gasteiger partial charge in [0.1, 0.15) is 0 Å². The van der Waals surface area contributed by atoms with E-state index in [2.05, 4.69) is 0 Å². The number of carboxylic acid groups (broad SMARTS) is 1. The number of carbonyl (C=O) groups is 1. The van der Waals surface area contributed by atoms with E-state index in [0.29, 0.717) is 6.08 Å². The molecule has 0 aromatic heterocycles. The van der Waals surface area contributed by atoms with Gasteiger partial charge in [-0.25, -0.2) is 4.79 Å². The molecule has 0 spiro atoms. The van der Waals surface area contributed by atoms with Crippen molar-refractivity contribution in [1.82, 2.24) is 0 Å². The van der Waals surface area contributed by atoms with Crippen LogP contribution in [0.5, 0.6) is 0 Å². The van der Waals surface area contributed by atoms with E-state index in [-0.39, 0.29) is 0 Å². The van der Waals surface area contributed by atoms with Crippen molar-refractivity contribution in [3.63, 3.8) is 0 Å². The summed E-state index contributed by atoms with van der Waals surface area (Å²) in [5.41, 5.74) is 0. The third-order valence-electron chi connectivity index (χ3n) is 0.542. The molecule has 0 bridgehead atoms. The lowest BCUT2D eigenvalue weighted by molar-refractivity contribution is -0.132. The zero-order chi connectivity index (χ0) is 7.49. The molecule has 0 aliphatic carbocycles. The summed E-state index contributed by atoms with van der Waals surface area (Å²) in [7, 11) is 0. The molecular weight excluding hydrogens is 124 g/mol. The van der Waals surface area contributed by atoms with Crippen LogP contribution in [0.1, 0.15) is 6.92 Å². The molecule has 0 aliphatic heterocycles. The van der Waals surface area contributed by atoms with E-state index in [1.165, 1.54) is 0 Å². The fourth-order valence-corrected chi connectivity index (χ4v) is 0.229. The highest BCUT2D eigenvalue weighted by Gasteiger charge is 2.08. The van der Waals surface area contributed by atoms with Crippen LogP contribution in [0.15, 0.2) is 12.2 Å². The van der Waals surface area contributed by atoms with Gasteiger partial charge in [-0.3, -0.25) is 0 Å². The molecule has 0 aromatic rings. The first-order valence-corrected chi connectivity index (χ1v) is 2.29. The maximum Gasteiger partial charge on any atom is 0.328 e. The molecular formula is C5H8O4. The summed E-state index contributed by atoms with van der Waals surface area (Å²) in [5, 5.41) is 24.9. The number of hydrogen-bond acceptors (Lipinski definition) is 3. The molecule has 0 radical (unpaired) electrons. The molecule has 0 rings (SSSR count). The summed E-state index contributed by atoms with van der Waals surface area (Å²) in [6.07, 6.45) is 1.44. The van der Waals surface area contributed by atoms with E-state index >= 15 is 0 Å². The molecule has 9 heavy (non-hydrogen) atoms. The quantitative estimate of drug-likeness (QED) is 0.344. The average molecular weight is 132 g/mol. The first kappa shape index (κ1) is 8.13. The lowest BCUT2D eigenvalue weighted by Gasteiger charge is -2.07. The highest BCUT2D eigenvalue weighted by Crippen LogP contribution is 1.96. The maximum absolute atomic E-state index is 9.74. The molecule has 52 valence electrons. The molecule has 4 nitrogen and oxygen atoms in total. The third kappa shape index (κ3) is 7.13. The zero-order valence-corrected chi connectivity index (χ0v) is 4.90. The van der Waals surface area contributed by atoms with E-state index < -0.39 is 11.8 Å². The highest BCUT2D eigenvalue weighted by molar-refractivity contribution is 5.79. The SMILES string of the molecule is CC(O)(O)C=CC(=O)O. The predicted octanol–water partition coefficient (Wildman–Crippen LogP) is -0.672. The second kappa shape index (κ2) is 2.61. The van der Waals surface area contributed by atoms with Crippen LogP contribution in [0.2, 0.25) is 0 Å². The van der Waals surface area contributed by atoms with Gasteiger partial charge in [0.15, 0.2) is 5.79 Å². The molecule has 4 heteroatoms. The minimum Gasteiger partial charge on any atom is -0.478 e. The van der Waals surface area contributed by atoms with Crippen LogP contribution in [0, 0.1) is 0 Å². The van der Waals surface area contributed by atoms with E-state index in [9.17, 15) is 4.79 Å². The van der Waals surface area contributed by atoms with Gasteiger partial charge in [-0.2, -0.15) is 0 Å². The van der Waals surface area contributed by atoms with Gasteiger partial charge in [0.2, 0.25) is 0 Å². The summed E-state index contributed by atoms with van der Waals surface area (Å²) < 4.78 is 0. The Kier molecular flexibility index (Phi) is 2.36. The van der Waals surface area contributed by atoms with E-state index in [0.717, 1.165) is 13.0 Å². The largest absolute Gasteiger partial charge is 0.478 e. The second-order valence-electron chi connectivity index (χ2n) is 1.77. The summed E-state index contributed by atoms with van der Waals surface area (Å²) in [6, 6.07) is 0. The number of aliphatic hydroxyl groups is 2. The second-order valence-corrected chi connectivity index (χ2v) is 1.77. The fourth-order valence-electron chi connectivity index (χ4n) is 0.229. The molecule has 0 unspecified atom stereocenters. The van der Waals surface area contributed by atoms with Gasteiger partial charge in [0.25, 0.3) is 0 Å². The Hall–Kier alpha value is -0.870. The topological polar surface area (TPSA) is 77.8 Å². The van der Waals surface area contributed by atoms with Crippen LogP contribution < -0.4 is 0 Å². The maximum atomic E-state index is 9.74. The Morgan fingerprint density at radius 2 is 2.00 bits per heavy atom. The Morgan fingerprint density at radius 1 is 1.56 bits per heavy atom. The Bertz CT molecular complexity index is 130. The van der Waals surface area contributed by atoms with Crippen LogP contribution >= 0.6 is 0 Å². The van der Waals surface area contributed by atoms with Crippen LogP contribution in [-0.2, 0) is 4.79 Å². The molecule has 0 aliphatic rings. The lowest BCUT2D eigenvalue weighted by Crippen LogP contribution is -2.19. The van der Waals surface area contributed by atoms with Gasteiger partial charge in [0, 0.05) is 6.08 Å². The van der Waals surface area contributed by atoms with Crippen molar-refractivity contribution in [2.45, 2.75) is 12.7 Å². The monoisotopic (exact) mass is 132 g/mol. The molecule has 0 atom stereocenters. The van der Waals surface area contributed by atoms with Crippen molar-refractivity contribution < 1.29 is 20.1 Å². The number of carboxylic acids is 1. The number of rotatable bonds is 2. The van der Waals surface area contributed by atoms with Gasteiger partial charge in [0.05, 0.1) is 0 Å². The van der Waals surface area contributed by atoms with Gasteiger partial charge in [-0.15, -0.1) is 0 Å². The van der Waals surface area contributed by atoms with Gasteiger partial charge >= 0.3 is 5.97 Å². The highest BCUT2D eigenvalue weighted by atomic mass is 16.5. The van der Waals surface area contributed by atoms with Crippen molar-refractivity contribution in [3.8, 4) is 0 Å². The zero-order valence-electron chi connectivity index (χ0n) is 4.90. The van der Waals surface area contributed by atoms with Crippen molar-refractivity contribution in [1.29, 1.82) is 0 Å². The molecule has 0 aromatic carbocycles. The van der Waals surface area contributed by atoms with Crippen LogP contribution in [0.3, 0.4) is 0 Å². The summed E-state index contributed by atoms with van der Waals surface area (Å²) >= 11 is 0. The number of aliphatic carboxylic acids is 1. The minimum atomic E-state index is -2.03. The average Bonchev–Trinajstić information content (AvgIpc) is 1.59. The molecule has 0 saturated heterocycles. The molecule has 0 saturated carbocycles. The Labute approximate surface area is 52.1 Å². The van der Waals surface area contributed by atoms with Crippen LogP contribution in [0.25, 0.3) is 0 Å². The van der Waals surface area contributed by atoms with E-state index in [1.807, 2.05) is 0 Å². The van der Waals surface area contributed by atoms with Crippen molar-refractivity contribution in [2.75, 3.05) is 0 Å². The third-order valence-corrected chi connectivity index (χ3v) is 0.542. The Morgan fingerprint density at radius 3 is 2.11 bits per heavy atom. The normalized spacial score (nSPS) is 12.3. The smallest absolute Gasteiger partial charge is 0.328 e. The predicted molar refractivity (Wildman–Crippen MR) is 29.6 cm³/mol. The minimum absolute atomic E-state index is 0.667. The van der Waals surface area contributed by atoms with Crippen molar-refractivity contribution in [3.05, 3.63) is 12.2 Å².